The Morgan fingerprint density at radius 1 is 1.10 bits per heavy atom. The van der Waals surface area contributed by atoms with Gasteiger partial charge < -0.3 is 18.9 Å². The van der Waals surface area contributed by atoms with Gasteiger partial charge in [-0.2, -0.15) is 0 Å². The van der Waals surface area contributed by atoms with E-state index in [1.807, 2.05) is 38.1 Å². The lowest BCUT2D eigenvalue weighted by molar-refractivity contribution is -0.145. The molecule has 1 atom stereocenters. The summed E-state index contributed by atoms with van der Waals surface area (Å²) in [5.41, 5.74) is 1.61. The summed E-state index contributed by atoms with van der Waals surface area (Å²) in [6.07, 6.45) is 1.55. The fourth-order valence-electron chi connectivity index (χ4n) is 4.40. The Hall–Kier alpha value is -3.70. The molecule has 2 aromatic carbocycles. The Bertz CT molecular complexity index is 1670. The number of ether oxygens (including phenoxy) is 4. The van der Waals surface area contributed by atoms with Gasteiger partial charge in [0.15, 0.2) is 11.4 Å². The minimum absolute atomic E-state index is 0.132. The van der Waals surface area contributed by atoms with Gasteiger partial charge in [0, 0.05) is 15.6 Å². The van der Waals surface area contributed by atoms with Crippen molar-refractivity contribution in [3.8, 4) is 11.5 Å². The predicted octanol–water partition coefficient (Wildman–Crippen LogP) is 4.29. The van der Waals surface area contributed by atoms with Crippen molar-refractivity contribution in [3.63, 3.8) is 0 Å². The topological polar surface area (TPSA) is 105 Å². The monoisotopic (exact) mass is 642 g/mol. The number of aromatic nitrogens is 1. The van der Waals surface area contributed by atoms with Crippen LogP contribution in [0.4, 0.5) is 0 Å². The Kier molecular flexibility index (Phi) is 9.82. The van der Waals surface area contributed by atoms with Crippen molar-refractivity contribution in [3.05, 3.63) is 89.0 Å². The molecule has 0 saturated heterocycles. The average molecular weight is 644 g/mol. The first-order valence-corrected chi connectivity index (χ1v) is 14.8. The molecule has 0 unspecified atom stereocenters. The largest absolute Gasteiger partial charge is 0.491 e. The number of rotatable bonds is 10. The Morgan fingerprint density at radius 3 is 2.54 bits per heavy atom. The number of fused-ring (bicyclic) bond motifs is 1. The lowest BCUT2D eigenvalue weighted by Gasteiger charge is -2.26. The normalized spacial score (nSPS) is 14.9. The maximum atomic E-state index is 14.1. The van der Waals surface area contributed by atoms with Gasteiger partial charge in [-0.05, 0) is 65.0 Å². The molecule has 11 heteroatoms. The molecule has 1 aliphatic rings. The molecule has 0 spiro atoms. The van der Waals surface area contributed by atoms with Gasteiger partial charge in [-0.1, -0.05) is 45.5 Å². The molecule has 0 bridgehead atoms. The molecule has 4 rings (SSSR count). The molecule has 2 heterocycles. The second-order valence-electron chi connectivity index (χ2n) is 9.28. The smallest absolute Gasteiger partial charge is 0.344 e. The summed E-state index contributed by atoms with van der Waals surface area (Å²) in [4.78, 5) is 44.2. The minimum Gasteiger partial charge on any atom is -0.491 e. The number of para-hydroxylation sites is 1. The Labute approximate surface area is 249 Å². The highest BCUT2D eigenvalue weighted by molar-refractivity contribution is 9.10. The summed E-state index contributed by atoms with van der Waals surface area (Å²) in [5.74, 6) is -0.0815. The summed E-state index contributed by atoms with van der Waals surface area (Å²) >= 11 is 4.66. The second-order valence-corrected chi connectivity index (χ2v) is 11.2. The third-order valence-electron chi connectivity index (χ3n) is 6.00. The fourth-order valence-corrected chi connectivity index (χ4v) is 5.81. The second kappa shape index (κ2) is 13.3. The highest BCUT2D eigenvalue weighted by Gasteiger charge is 2.35. The van der Waals surface area contributed by atoms with Crippen LogP contribution in [0.5, 0.6) is 11.5 Å². The summed E-state index contributed by atoms with van der Waals surface area (Å²) in [6, 6.07) is 11.8. The highest BCUT2D eigenvalue weighted by atomic mass is 79.9. The van der Waals surface area contributed by atoms with E-state index in [4.69, 9.17) is 18.9 Å². The third kappa shape index (κ3) is 6.79. The summed E-state index contributed by atoms with van der Waals surface area (Å²) in [6.45, 7) is 9.16. The molecule has 0 N–H and O–H groups in total. The van der Waals surface area contributed by atoms with Crippen LogP contribution in [-0.2, 0) is 19.1 Å². The van der Waals surface area contributed by atoms with Gasteiger partial charge >= 0.3 is 11.9 Å². The number of nitrogens with zero attached hydrogens (tertiary/aromatic N) is 2. The van der Waals surface area contributed by atoms with Crippen LogP contribution in [-0.4, -0.2) is 42.4 Å². The molecule has 9 nitrogen and oxygen atoms in total. The number of allylic oxidation sites excluding steroid dienone is 1. The van der Waals surface area contributed by atoms with Crippen molar-refractivity contribution in [2.24, 2.45) is 4.99 Å². The third-order valence-corrected chi connectivity index (χ3v) is 7.48. The van der Waals surface area contributed by atoms with E-state index < -0.39 is 18.0 Å². The molecule has 1 aliphatic heterocycles. The van der Waals surface area contributed by atoms with Crippen LogP contribution in [0, 0.1) is 0 Å². The summed E-state index contributed by atoms with van der Waals surface area (Å²) in [7, 11) is 0. The van der Waals surface area contributed by atoms with Crippen LogP contribution in [0.15, 0.2) is 68.0 Å². The molecule has 0 radical (unpaired) electrons. The first-order chi connectivity index (χ1) is 19.6. The average Bonchev–Trinajstić information content (AvgIpc) is 3.22. The number of thiazole rings is 1. The zero-order chi connectivity index (χ0) is 29.7. The van der Waals surface area contributed by atoms with Gasteiger partial charge in [-0.25, -0.2) is 14.6 Å². The first kappa shape index (κ1) is 30.3. The van der Waals surface area contributed by atoms with Crippen LogP contribution < -0.4 is 24.4 Å². The molecule has 0 aliphatic carbocycles. The van der Waals surface area contributed by atoms with Gasteiger partial charge in [0.25, 0.3) is 5.56 Å². The number of esters is 2. The fraction of sp³-hybridized carbons (Fsp3) is 0.333. The number of hydrogen-bond acceptors (Lipinski definition) is 9. The molecule has 0 amide bonds. The lowest BCUT2D eigenvalue weighted by Crippen LogP contribution is -2.40. The summed E-state index contributed by atoms with van der Waals surface area (Å²) in [5, 5.41) is 0. The van der Waals surface area contributed by atoms with Gasteiger partial charge in [-0.3, -0.25) is 9.36 Å². The zero-order valence-electron chi connectivity index (χ0n) is 23.4. The Balaban J connectivity index is 1.90. The number of halogens is 1. The van der Waals surface area contributed by atoms with E-state index in [-0.39, 0.29) is 37.1 Å². The van der Waals surface area contributed by atoms with Crippen molar-refractivity contribution in [2.75, 3.05) is 19.8 Å². The quantitative estimate of drug-likeness (QED) is 0.304. The maximum absolute atomic E-state index is 14.1. The van der Waals surface area contributed by atoms with Crippen LogP contribution in [0.25, 0.3) is 6.08 Å². The van der Waals surface area contributed by atoms with Crippen LogP contribution in [0.3, 0.4) is 0 Å². The van der Waals surface area contributed by atoms with Crippen LogP contribution in [0.1, 0.15) is 51.8 Å². The molecule has 0 saturated carbocycles. The molecule has 0 fully saturated rings. The van der Waals surface area contributed by atoms with E-state index in [1.165, 1.54) is 15.9 Å². The standard InChI is InChI=1S/C30H31BrN2O7S/c1-6-37-25(34)16-39-22-13-12-20(31)14-19(22)15-24-28(35)33-27(21-10-8-9-11-23(21)40-17(3)4)26(29(36)38-7-2)18(5)32-30(33)41-24/h8-15,17,27H,6-7,16H2,1-5H3/t27-/m0/s1. The molecular formula is C30H31BrN2O7S. The van der Waals surface area contributed by atoms with Crippen molar-refractivity contribution >= 4 is 45.3 Å². The highest BCUT2D eigenvalue weighted by Crippen LogP contribution is 2.36. The number of hydrogen-bond donors (Lipinski definition) is 0. The SMILES string of the molecule is CCOC(=O)COc1ccc(Br)cc1C=c1sc2n(c1=O)[C@@H](c1ccccc1OC(C)C)C(C(=O)OCC)=C(C)N=2. The molecule has 216 valence electrons. The van der Waals surface area contributed by atoms with Gasteiger partial charge in [0.1, 0.15) is 17.5 Å². The van der Waals surface area contributed by atoms with Crippen molar-refractivity contribution in [2.45, 2.75) is 46.8 Å². The predicted molar refractivity (Wildman–Crippen MR) is 159 cm³/mol. The van der Waals surface area contributed by atoms with Gasteiger partial charge in [-0.15, -0.1) is 0 Å². The number of benzene rings is 2. The van der Waals surface area contributed by atoms with Crippen LogP contribution >= 0.6 is 27.3 Å². The van der Waals surface area contributed by atoms with Crippen LogP contribution in [0.2, 0.25) is 0 Å². The van der Waals surface area contributed by atoms with Gasteiger partial charge in [0.2, 0.25) is 0 Å². The summed E-state index contributed by atoms with van der Waals surface area (Å²) < 4.78 is 24.8. The molecule has 41 heavy (non-hydrogen) atoms. The van der Waals surface area contributed by atoms with E-state index in [9.17, 15) is 14.4 Å². The molecule has 1 aromatic heterocycles. The van der Waals surface area contributed by atoms with E-state index >= 15 is 0 Å². The Morgan fingerprint density at radius 2 is 1.83 bits per heavy atom. The van der Waals surface area contributed by atoms with Crippen molar-refractivity contribution in [1.29, 1.82) is 0 Å². The first-order valence-electron chi connectivity index (χ1n) is 13.2. The number of carbonyl (C=O) groups is 2. The lowest BCUT2D eigenvalue weighted by atomic mass is 9.95. The zero-order valence-corrected chi connectivity index (χ0v) is 25.8. The van der Waals surface area contributed by atoms with E-state index in [1.54, 1.807) is 45.0 Å². The molecular weight excluding hydrogens is 612 g/mol. The number of carbonyl (C=O) groups excluding carboxylic acids is 2. The van der Waals surface area contributed by atoms with Crippen molar-refractivity contribution < 1.29 is 28.5 Å². The van der Waals surface area contributed by atoms with Gasteiger partial charge in [0.05, 0.1) is 35.1 Å². The van der Waals surface area contributed by atoms with E-state index in [2.05, 4.69) is 20.9 Å². The maximum Gasteiger partial charge on any atom is 0.344 e. The van der Waals surface area contributed by atoms with E-state index in [0.29, 0.717) is 37.7 Å². The van der Waals surface area contributed by atoms with Crippen molar-refractivity contribution in [1.82, 2.24) is 4.57 Å². The van der Waals surface area contributed by atoms with E-state index in [0.717, 1.165) is 4.47 Å². The minimum atomic E-state index is -0.815. The molecule has 3 aromatic rings.